The molecule has 0 N–H and O–H groups in total. The van der Waals surface area contributed by atoms with Crippen molar-refractivity contribution in [2.24, 2.45) is 0 Å². The van der Waals surface area contributed by atoms with Crippen LogP contribution in [0.25, 0.3) is 0 Å². The van der Waals surface area contributed by atoms with E-state index >= 15 is 0 Å². The van der Waals surface area contributed by atoms with Crippen LogP contribution in [0.4, 0.5) is 5.69 Å². The van der Waals surface area contributed by atoms with Crippen LogP contribution in [0.3, 0.4) is 0 Å². The Labute approximate surface area is 156 Å². The van der Waals surface area contributed by atoms with Crippen molar-refractivity contribution in [1.82, 2.24) is 4.90 Å². The molecule has 1 fully saturated rings. The van der Waals surface area contributed by atoms with Crippen molar-refractivity contribution >= 4 is 27.5 Å². The normalized spacial score (nSPS) is 14.4. The molecule has 1 aliphatic rings. The third-order valence-corrected chi connectivity index (χ3v) is 4.96. The number of amides is 1. The fourth-order valence-corrected chi connectivity index (χ4v) is 3.63. The van der Waals surface area contributed by atoms with E-state index in [0.717, 1.165) is 13.1 Å². The van der Waals surface area contributed by atoms with E-state index < -0.39 is 0 Å². The van der Waals surface area contributed by atoms with E-state index in [9.17, 15) is 4.79 Å². The third-order valence-electron chi connectivity index (χ3n) is 4.38. The summed E-state index contributed by atoms with van der Waals surface area (Å²) >= 11 is 3.45. The van der Waals surface area contributed by atoms with Crippen LogP contribution in [-0.4, -0.2) is 51.2 Å². The summed E-state index contributed by atoms with van der Waals surface area (Å²) in [5, 5.41) is 0. The highest BCUT2D eigenvalue weighted by Crippen LogP contribution is 2.34. The minimum absolute atomic E-state index is 0.0378. The quantitative estimate of drug-likeness (QED) is 0.782. The lowest BCUT2D eigenvalue weighted by Gasteiger charge is -2.36. The zero-order valence-electron chi connectivity index (χ0n) is 14.4. The van der Waals surface area contributed by atoms with Gasteiger partial charge in [-0.15, -0.1) is 0 Å². The molecule has 132 valence electrons. The molecule has 1 aliphatic heterocycles. The molecule has 0 aromatic heterocycles. The maximum atomic E-state index is 13.0. The standard InChI is InChI=1S/C19H21BrN2O3/c1-24-15-12-16(18(25-2)17(20)13-15)19(23)22-10-8-21(9-11-22)14-6-4-3-5-7-14/h3-7,12-13H,8-11H2,1-2H3. The van der Waals surface area contributed by atoms with Gasteiger partial charge in [0.05, 0.1) is 24.3 Å². The Morgan fingerprint density at radius 1 is 1.00 bits per heavy atom. The van der Waals surface area contributed by atoms with Crippen LogP contribution in [0.5, 0.6) is 11.5 Å². The van der Waals surface area contributed by atoms with E-state index in [0.29, 0.717) is 34.6 Å². The van der Waals surface area contributed by atoms with Gasteiger partial charge in [-0.2, -0.15) is 0 Å². The number of halogens is 1. The SMILES string of the molecule is COc1cc(Br)c(OC)c(C(=O)N2CCN(c3ccccc3)CC2)c1. The van der Waals surface area contributed by atoms with Gasteiger partial charge in [0, 0.05) is 31.9 Å². The number of para-hydroxylation sites is 1. The summed E-state index contributed by atoms with van der Waals surface area (Å²) in [7, 11) is 3.15. The molecule has 0 atom stereocenters. The summed E-state index contributed by atoms with van der Waals surface area (Å²) in [6.07, 6.45) is 0. The molecule has 0 aliphatic carbocycles. The lowest BCUT2D eigenvalue weighted by Crippen LogP contribution is -2.48. The summed E-state index contributed by atoms with van der Waals surface area (Å²) < 4.78 is 11.4. The lowest BCUT2D eigenvalue weighted by atomic mass is 10.1. The van der Waals surface area contributed by atoms with Crippen molar-refractivity contribution in [2.45, 2.75) is 0 Å². The summed E-state index contributed by atoms with van der Waals surface area (Å²) in [6.45, 7) is 2.96. The average Bonchev–Trinajstić information content (AvgIpc) is 2.67. The number of carbonyl (C=O) groups is 1. The second-order valence-corrected chi connectivity index (χ2v) is 6.66. The average molecular weight is 405 g/mol. The zero-order valence-corrected chi connectivity index (χ0v) is 16.0. The highest BCUT2D eigenvalue weighted by atomic mass is 79.9. The number of hydrogen-bond acceptors (Lipinski definition) is 4. The highest BCUT2D eigenvalue weighted by Gasteiger charge is 2.26. The second kappa shape index (κ2) is 7.78. The van der Waals surface area contributed by atoms with Crippen LogP contribution >= 0.6 is 15.9 Å². The molecule has 3 rings (SSSR count). The van der Waals surface area contributed by atoms with Crippen molar-refractivity contribution in [3.05, 3.63) is 52.5 Å². The second-order valence-electron chi connectivity index (χ2n) is 5.80. The van der Waals surface area contributed by atoms with Crippen molar-refractivity contribution in [3.8, 4) is 11.5 Å². The molecule has 1 saturated heterocycles. The Morgan fingerprint density at radius 2 is 1.68 bits per heavy atom. The van der Waals surface area contributed by atoms with Gasteiger partial charge < -0.3 is 19.3 Å². The van der Waals surface area contributed by atoms with Crippen LogP contribution in [0.1, 0.15) is 10.4 Å². The van der Waals surface area contributed by atoms with Gasteiger partial charge in [0.2, 0.25) is 0 Å². The van der Waals surface area contributed by atoms with E-state index in [1.54, 1.807) is 26.4 Å². The van der Waals surface area contributed by atoms with Crippen molar-refractivity contribution in [1.29, 1.82) is 0 Å². The Balaban J connectivity index is 1.76. The maximum Gasteiger partial charge on any atom is 0.257 e. The summed E-state index contributed by atoms with van der Waals surface area (Å²) in [4.78, 5) is 17.2. The summed E-state index contributed by atoms with van der Waals surface area (Å²) in [6, 6.07) is 13.8. The van der Waals surface area contributed by atoms with Gasteiger partial charge in [0.1, 0.15) is 11.5 Å². The first kappa shape index (κ1) is 17.6. The van der Waals surface area contributed by atoms with Crippen LogP contribution in [0.15, 0.2) is 46.9 Å². The van der Waals surface area contributed by atoms with E-state index in [1.807, 2.05) is 23.1 Å². The first-order chi connectivity index (χ1) is 12.1. The number of carbonyl (C=O) groups excluding carboxylic acids is 1. The molecule has 6 heteroatoms. The number of rotatable bonds is 4. The van der Waals surface area contributed by atoms with E-state index in [-0.39, 0.29) is 5.91 Å². The fourth-order valence-electron chi connectivity index (χ4n) is 3.03. The van der Waals surface area contributed by atoms with Gasteiger partial charge in [-0.25, -0.2) is 0 Å². The van der Waals surface area contributed by atoms with Gasteiger partial charge in [-0.3, -0.25) is 4.79 Å². The van der Waals surface area contributed by atoms with Crippen LogP contribution in [0, 0.1) is 0 Å². The van der Waals surface area contributed by atoms with Gasteiger partial charge in [-0.1, -0.05) is 18.2 Å². The Bertz CT molecular complexity index is 744. The molecule has 5 nitrogen and oxygen atoms in total. The Hall–Kier alpha value is -2.21. The molecule has 0 radical (unpaired) electrons. The molecule has 1 heterocycles. The van der Waals surface area contributed by atoms with Crippen LogP contribution in [-0.2, 0) is 0 Å². The number of nitrogens with zero attached hydrogens (tertiary/aromatic N) is 2. The predicted molar refractivity (Wildman–Crippen MR) is 102 cm³/mol. The van der Waals surface area contributed by atoms with Crippen LogP contribution in [0.2, 0.25) is 0 Å². The molecule has 0 spiro atoms. The van der Waals surface area contributed by atoms with Crippen LogP contribution < -0.4 is 14.4 Å². The van der Waals surface area contributed by atoms with E-state index in [4.69, 9.17) is 9.47 Å². The minimum atomic E-state index is -0.0378. The maximum absolute atomic E-state index is 13.0. The molecule has 0 unspecified atom stereocenters. The Morgan fingerprint density at radius 3 is 2.28 bits per heavy atom. The highest BCUT2D eigenvalue weighted by molar-refractivity contribution is 9.10. The zero-order chi connectivity index (χ0) is 17.8. The number of ether oxygens (including phenoxy) is 2. The largest absolute Gasteiger partial charge is 0.497 e. The molecule has 0 saturated carbocycles. The number of methoxy groups -OCH3 is 2. The van der Waals surface area contributed by atoms with Gasteiger partial charge in [0.25, 0.3) is 5.91 Å². The molecule has 0 bridgehead atoms. The van der Waals surface area contributed by atoms with Crippen molar-refractivity contribution in [3.63, 3.8) is 0 Å². The van der Waals surface area contributed by atoms with E-state index in [1.165, 1.54) is 5.69 Å². The molecule has 25 heavy (non-hydrogen) atoms. The van der Waals surface area contributed by atoms with Crippen molar-refractivity contribution in [2.75, 3.05) is 45.3 Å². The molecule has 2 aromatic carbocycles. The topological polar surface area (TPSA) is 42.0 Å². The van der Waals surface area contributed by atoms with E-state index in [2.05, 4.69) is 33.0 Å². The minimum Gasteiger partial charge on any atom is -0.497 e. The van der Waals surface area contributed by atoms with Gasteiger partial charge >= 0.3 is 0 Å². The predicted octanol–water partition coefficient (Wildman–Crippen LogP) is 3.43. The number of anilines is 1. The molecule has 2 aromatic rings. The molecule has 1 amide bonds. The smallest absolute Gasteiger partial charge is 0.257 e. The van der Waals surface area contributed by atoms with Gasteiger partial charge in [0.15, 0.2) is 0 Å². The number of benzene rings is 2. The Kier molecular flexibility index (Phi) is 5.48. The number of hydrogen-bond donors (Lipinski definition) is 0. The van der Waals surface area contributed by atoms with Gasteiger partial charge in [-0.05, 0) is 40.2 Å². The fraction of sp³-hybridized carbons (Fsp3) is 0.316. The summed E-state index contributed by atoms with van der Waals surface area (Å²) in [5.41, 5.74) is 1.71. The lowest BCUT2D eigenvalue weighted by molar-refractivity contribution is 0.0743. The molecular weight excluding hydrogens is 384 g/mol. The third kappa shape index (κ3) is 3.74. The monoisotopic (exact) mass is 404 g/mol. The van der Waals surface area contributed by atoms with Crippen molar-refractivity contribution < 1.29 is 14.3 Å². The summed E-state index contributed by atoms with van der Waals surface area (Å²) in [5.74, 6) is 1.12. The number of piperazine rings is 1. The first-order valence-corrected chi connectivity index (χ1v) is 8.94. The first-order valence-electron chi connectivity index (χ1n) is 8.15. The molecular formula is C19H21BrN2O3.